The maximum Gasteiger partial charge on any atom is 0.314 e. The van der Waals surface area contributed by atoms with Gasteiger partial charge in [0.2, 0.25) is 0 Å². The van der Waals surface area contributed by atoms with E-state index in [1.807, 2.05) is 48.7 Å². The third-order valence-electron chi connectivity index (χ3n) is 5.47. The lowest BCUT2D eigenvalue weighted by Crippen LogP contribution is -2.49. The molecule has 1 aliphatic heterocycles. The van der Waals surface area contributed by atoms with E-state index in [1.165, 1.54) is 0 Å². The topological polar surface area (TPSA) is 86.3 Å². The number of aromatic amines is 1. The van der Waals surface area contributed by atoms with E-state index in [4.69, 9.17) is 0 Å². The molecule has 0 aliphatic carbocycles. The lowest BCUT2D eigenvalue weighted by Gasteiger charge is -2.39. The van der Waals surface area contributed by atoms with Crippen LogP contribution in [0.3, 0.4) is 0 Å². The Morgan fingerprint density at radius 3 is 2.54 bits per heavy atom. The molecule has 7 heteroatoms. The molecule has 28 heavy (non-hydrogen) atoms. The Bertz CT molecular complexity index is 1000. The van der Waals surface area contributed by atoms with Crippen molar-refractivity contribution in [3.05, 3.63) is 64.2 Å². The number of piperidine rings is 1. The molecule has 2 N–H and O–H groups in total. The zero-order valence-electron chi connectivity index (χ0n) is 15.5. The highest BCUT2D eigenvalue weighted by molar-refractivity contribution is 7.09. The Morgan fingerprint density at radius 2 is 1.93 bits per heavy atom. The quantitative estimate of drug-likeness (QED) is 0.705. The van der Waals surface area contributed by atoms with Crippen molar-refractivity contribution in [2.45, 2.75) is 25.2 Å². The van der Waals surface area contributed by atoms with Crippen LogP contribution in [0.15, 0.2) is 48.0 Å². The van der Waals surface area contributed by atoms with Crippen molar-refractivity contribution in [1.29, 1.82) is 0 Å². The fourth-order valence-electron chi connectivity index (χ4n) is 3.81. The van der Waals surface area contributed by atoms with E-state index in [0.717, 1.165) is 21.8 Å². The zero-order valence-corrected chi connectivity index (χ0v) is 16.3. The lowest BCUT2D eigenvalue weighted by molar-refractivity contribution is -0.145. The van der Waals surface area contributed by atoms with Gasteiger partial charge in [-0.05, 0) is 31.4 Å². The Hall–Kier alpha value is -2.93. The summed E-state index contributed by atoms with van der Waals surface area (Å²) in [5.74, 6) is -0.933. The van der Waals surface area contributed by atoms with Gasteiger partial charge in [0.1, 0.15) is 5.69 Å². The summed E-state index contributed by atoms with van der Waals surface area (Å²) in [6.07, 6.45) is 2.59. The molecule has 0 saturated carbocycles. The van der Waals surface area contributed by atoms with Crippen molar-refractivity contribution in [1.82, 2.24) is 14.9 Å². The molecule has 4 rings (SSSR count). The fourth-order valence-corrected chi connectivity index (χ4v) is 4.43. The Morgan fingerprint density at radius 1 is 1.21 bits per heavy atom. The number of H-pyrrole nitrogens is 1. The molecule has 3 aromatic rings. The third kappa shape index (κ3) is 3.22. The SMILES string of the molecule is Cc1nc(-c2c[nH]c(C(=O)N3CCC(C(=O)O)(c4ccccc4)CC3)c2)cs1. The number of aliphatic carboxylic acids is 1. The highest BCUT2D eigenvalue weighted by Crippen LogP contribution is 2.36. The first kappa shape index (κ1) is 18.4. The van der Waals surface area contributed by atoms with Crippen molar-refractivity contribution in [3.63, 3.8) is 0 Å². The van der Waals surface area contributed by atoms with E-state index < -0.39 is 11.4 Å². The number of benzene rings is 1. The predicted molar refractivity (Wildman–Crippen MR) is 108 cm³/mol. The second kappa shape index (κ2) is 7.24. The van der Waals surface area contributed by atoms with Crippen molar-refractivity contribution < 1.29 is 14.7 Å². The minimum Gasteiger partial charge on any atom is -0.481 e. The molecule has 6 nitrogen and oxygen atoms in total. The summed E-state index contributed by atoms with van der Waals surface area (Å²) < 4.78 is 0. The van der Waals surface area contributed by atoms with Crippen LogP contribution in [0.25, 0.3) is 11.3 Å². The van der Waals surface area contributed by atoms with E-state index in [9.17, 15) is 14.7 Å². The van der Waals surface area contributed by atoms with Crippen LogP contribution in [0.1, 0.15) is 33.9 Å². The minimum atomic E-state index is -0.933. The average Bonchev–Trinajstić information content (AvgIpc) is 3.37. The van der Waals surface area contributed by atoms with Gasteiger partial charge < -0.3 is 15.0 Å². The first-order valence-corrected chi connectivity index (χ1v) is 10.1. The normalized spacial score (nSPS) is 16.1. The van der Waals surface area contributed by atoms with Gasteiger partial charge in [0.15, 0.2) is 0 Å². The van der Waals surface area contributed by atoms with Crippen LogP contribution < -0.4 is 0 Å². The first-order chi connectivity index (χ1) is 13.5. The van der Waals surface area contributed by atoms with Crippen LogP contribution in [0.4, 0.5) is 0 Å². The molecule has 0 spiro atoms. The lowest BCUT2D eigenvalue weighted by atomic mass is 9.73. The van der Waals surface area contributed by atoms with Gasteiger partial charge in [-0.2, -0.15) is 0 Å². The van der Waals surface area contributed by atoms with Gasteiger partial charge in [-0.3, -0.25) is 9.59 Å². The van der Waals surface area contributed by atoms with E-state index in [0.29, 0.717) is 31.6 Å². The van der Waals surface area contributed by atoms with Crippen LogP contribution in [-0.4, -0.2) is 44.9 Å². The number of amides is 1. The van der Waals surface area contributed by atoms with Gasteiger partial charge in [-0.25, -0.2) is 4.98 Å². The van der Waals surface area contributed by atoms with Gasteiger partial charge in [0, 0.05) is 30.2 Å². The van der Waals surface area contributed by atoms with Crippen molar-refractivity contribution in [2.24, 2.45) is 0 Å². The van der Waals surface area contributed by atoms with Crippen LogP contribution in [0.5, 0.6) is 0 Å². The monoisotopic (exact) mass is 395 g/mol. The van der Waals surface area contributed by atoms with E-state index in [2.05, 4.69) is 9.97 Å². The molecular formula is C21H21N3O3S. The van der Waals surface area contributed by atoms with Crippen LogP contribution in [0.2, 0.25) is 0 Å². The second-order valence-electron chi connectivity index (χ2n) is 7.10. The number of hydrogen-bond donors (Lipinski definition) is 2. The van der Waals surface area contributed by atoms with Gasteiger partial charge in [0.05, 0.1) is 16.1 Å². The number of carbonyl (C=O) groups excluding carboxylic acids is 1. The Balaban J connectivity index is 1.50. The van der Waals surface area contributed by atoms with Crippen LogP contribution in [0, 0.1) is 6.92 Å². The molecule has 0 bridgehead atoms. The number of carbonyl (C=O) groups is 2. The number of carboxylic acids is 1. The molecular weight excluding hydrogens is 374 g/mol. The average molecular weight is 395 g/mol. The number of hydrogen-bond acceptors (Lipinski definition) is 4. The number of thiazole rings is 1. The highest BCUT2D eigenvalue weighted by Gasteiger charge is 2.44. The maximum absolute atomic E-state index is 12.9. The van der Waals surface area contributed by atoms with Crippen molar-refractivity contribution in [2.75, 3.05) is 13.1 Å². The zero-order chi connectivity index (χ0) is 19.7. The van der Waals surface area contributed by atoms with Crippen LogP contribution in [-0.2, 0) is 10.2 Å². The van der Waals surface area contributed by atoms with Gasteiger partial charge in [0.25, 0.3) is 5.91 Å². The molecule has 1 amide bonds. The summed E-state index contributed by atoms with van der Waals surface area (Å²) in [4.78, 5) is 34.2. The number of aromatic nitrogens is 2. The van der Waals surface area contributed by atoms with Gasteiger partial charge in [-0.15, -0.1) is 11.3 Å². The van der Waals surface area contributed by atoms with Crippen molar-refractivity contribution >= 4 is 23.2 Å². The standard InChI is InChI=1S/C21H21N3O3S/c1-14-23-18(13-28-14)15-11-17(22-12-15)19(25)24-9-7-21(8-10-24,20(26)27)16-5-3-2-4-6-16/h2-6,11-13,22H,7-10H2,1H3,(H,26,27). The molecule has 0 radical (unpaired) electrons. The summed E-state index contributed by atoms with van der Waals surface area (Å²) in [7, 11) is 0. The maximum atomic E-state index is 12.9. The van der Waals surface area contributed by atoms with Crippen molar-refractivity contribution in [3.8, 4) is 11.3 Å². The predicted octanol–water partition coefficient (Wildman–Crippen LogP) is 3.71. The van der Waals surface area contributed by atoms with Gasteiger partial charge >= 0.3 is 5.97 Å². The molecule has 1 aliphatic rings. The largest absolute Gasteiger partial charge is 0.481 e. The number of aryl methyl sites for hydroxylation is 1. The number of carboxylic acid groups (broad SMARTS) is 1. The number of nitrogens with one attached hydrogen (secondary N) is 1. The van der Waals surface area contributed by atoms with E-state index in [1.54, 1.807) is 22.4 Å². The molecule has 144 valence electrons. The van der Waals surface area contributed by atoms with E-state index in [-0.39, 0.29) is 5.91 Å². The summed E-state index contributed by atoms with van der Waals surface area (Å²) in [5.41, 5.74) is 2.11. The number of nitrogens with zero attached hydrogens (tertiary/aromatic N) is 2. The first-order valence-electron chi connectivity index (χ1n) is 9.19. The highest BCUT2D eigenvalue weighted by atomic mass is 32.1. The number of likely N-dealkylation sites (tertiary alicyclic amines) is 1. The summed E-state index contributed by atoms with van der Waals surface area (Å²) in [5, 5.41) is 12.8. The molecule has 1 aromatic carbocycles. The fraction of sp³-hybridized carbons (Fsp3) is 0.286. The molecule has 1 saturated heterocycles. The summed E-state index contributed by atoms with van der Waals surface area (Å²) >= 11 is 1.57. The summed E-state index contributed by atoms with van der Waals surface area (Å²) in [6, 6.07) is 11.1. The second-order valence-corrected chi connectivity index (χ2v) is 8.16. The minimum absolute atomic E-state index is 0.106. The summed E-state index contributed by atoms with van der Waals surface area (Å²) in [6.45, 7) is 2.76. The molecule has 2 aromatic heterocycles. The van der Waals surface area contributed by atoms with E-state index >= 15 is 0 Å². The smallest absolute Gasteiger partial charge is 0.314 e. The molecule has 1 fully saturated rings. The molecule has 0 unspecified atom stereocenters. The molecule has 0 atom stereocenters. The Kier molecular flexibility index (Phi) is 4.77. The van der Waals surface area contributed by atoms with Crippen LogP contribution >= 0.6 is 11.3 Å². The number of rotatable bonds is 4. The third-order valence-corrected chi connectivity index (χ3v) is 6.24. The van der Waals surface area contributed by atoms with Gasteiger partial charge in [-0.1, -0.05) is 30.3 Å². The molecule has 3 heterocycles. The Labute approximate surface area is 166 Å².